The van der Waals surface area contributed by atoms with Crippen molar-refractivity contribution in [2.24, 2.45) is 0 Å². The third kappa shape index (κ3) is 2.41. The van der Waals surface area contributed by atoms with Crippen LogP contribution in [0.25, 0.3) is 0 Å². The lowest BCUT2D eigenvalue weighted by Crippen LogP contribution is -2.22. The molecule has 1 aromatic rings. The van der Waals surface area contributed by atoms with Gasteiger partial charge in [-0.25, -0.2) is 4.98 Å². The average molecular weight is 199 g/mol. The van der Waals surface area contributed by atoms with Gasteiger partial charge in [-0.15, -0.1) is 0 Å². The van der Waals surface area contributed by atoms with E-state index in [2.05, 4.69) is 4.98 Å². The summed E-state index contributed by atoms with van der Waals surface area (Å²) in [5, 5.41) is 27.2. The Balaban J connectivity index is 2.75. The Morgan fingerprint density at radius 1 is 1.43 bits per heavy atom. The zero-order valence-electron chi connectivity index (χ0n) is 7.79. The predicted molar refractivity (Wildman–Crippen MR) is 48.8 cm³/mol. The summed E-state index contributed by atoms with van der Waals surface area (Å²) in [7, 11) is 1.49. The number of methoxy groups -OCH3 is 1. The highest BCUT2D eigenvalue weighted by molar-refractivity contribution is 5.20. The van der Waals surface area contributed by atoms with Gasteiger partial charge in [0.25, 0.3) is 0 Å². The lowest BCUT2D eigenvalue weighted by molar-refractivity contribution is -0.0154. The van der Waals surface area contributed by atoms with Crippen molar-refractivity contribution >= 4 is 0 Å². The molecule has 2 atom stereocenters. The number of aromatic nitrogens is 1. The molecular weight excluding hydrogens is 186 g/mol. The van der Waals surface area contributed by atoms with Crippen LogP contribution in [-0.2, 0) is 0 Å². The average Bonchev–Trinajstić information content (AvgIpc) is 2.27. The molecule has 0 aromatic carbocycles. The van der Waals surface area contributed by atoms with E-state index in [1.165, 1.54) is 13.3 Å². The van der Waals surface area contributed by atoms with Crippen molar-refractivity contribution in [1.29, 1.82) is 0 Å². The van der Waals surface area contributed by atoms with E-state index < -0.39 is 18.8 Å². The van der Waals surface area contributed by atoms with Gasteiger partial charge in [-0.2, -0.15) is 0 Å². The van der Waals surface area contributed by atoms with E-state index in [1.807, 2.05) is 0 Å². The Labute approximate surface area is 81.6 Å². The standard InChI is InChI=1S/C9H13NO4/c1-14-8-3-2-6(4-10-8)9(13)7(12)5-11/h2-4,7,9,11-13H,5H2,1H3. The van der Waals surface area contributed by atoms with Crippen LogP contribution in [0.3, 0.4) is 0 Å². The van der Waals surface area contributed by atoms with Crippen LogP contribution in [-0.4, -0.2) is 40.1 Å². The second-order valence-corrected chi connectivity index (χ2v) is 2.83. The fourth-order valence-corrected chi connectivity index (χ4v) is 1.01. The Bertz CT molecular complexity index is 275. The summed E-state index contributed by atoms with van der Waals surface area (Å²) >= 11 is 0. The predicted octanol–water partition coefficient (Wildman–Crippen LogP) is -0.523. The molecular formula is C9H13NO4. The van der Waals surface area contributed by atoms with E-state index in [1.54, 1.807) is 12.1 Å². The van der Waals surface area contributed by atoms with Gasteiger partial charge in [0.15, 0.2) is 0 Å². The first-order valence-corrected chi connectivity index (χ1v) is 4.16. The highest BCUT2D eigenvalue weighted by atomic mass is 16.5. The normalized spacial score (nSPS) is 14.9. The van der Waals surface area contributed by atoms with E-state index >= 15 is 0 Å². The molecule has 0 spiro atoms. The first kappa shape index (κ1) is 10.9. The van der Waals surface area contributed by atoms with E-state index in [9.17, 15) is 5.11 Å². The van der Waals surface area contributed by atoms with E-state index in [-0.39, 0.29) is 0 Å². The molecule has 1 aromatic heterocycles. The maximum Gasteiger partial charge on any atom is 0.212 e. The Hall–Kier alpha value is -1.17. The number of aliphatic hydroxyl groups is 3. The largest absolute Gasteiger partial charge is 0.481 e. The van der Waals surface area contributed by atoms with Gasteiger partial charge < -0.3 is 20.1 Å². The van der Waals surface area contributed by atoms with Gasteiger partial charge in [0, 0.05) is 17.8 Å². The number of hydrogen-bond donors (Lipinski definition) is 3. The number of aliphatic hydroxyl groups excluding tert-OH is 3. The minimum absolute atomic E-state index is 0.430. The van der Waals surface area contributed by atoms with Crippen LogP contribution in [0.2, 0.25) is 0 Å². The topological polar surface area (TPSA) is 82.8 Å². The van der Waals surface area contributed by atoms with Gasteiger partial charge >= 0.3 is 0 Å². The maximum absolute atomic E-state index is 9.46. The second-order valence-electron chi connectivity index (χ2n) is 2.83. The zero-order valence-corrected chi connectivity index (χ0v) is 7.79. The van der Waals surface area contributed by atoms with E-state index in [4.69, 9.17) is 14.9 Å². The molecule has 0 aliphatic heterocycles. The summed E-state index contributed by atoms with van der Waals surface area (Å²) in [5.41, 5.74) is 0.437. The van der Waals surface area contributed by atoms with Crippen LogP contribution in [0.15, 0.2) is 18.3 Å². The molecule has 5 heteroatoms. The van der Waals surface area contributed by atoms with Crippen molar-refractivity contribution in [2.75, 3.05) is 13.7 Å². The highest BCUT2D eigenvalue weighted by Crippen LogP contribution is 2.17. The lowest BCUT2D eigenvalue weighted by Gasteiger charge is -2.15. The Kier molecular flexibility index (Phi) is 3.82. The molecule has 2 unspecified atom stereocenters. The smallest absolute Gasteiger partial charge is 0.212 e. The Morgan fingerprint density at radius 3 is 2.57 bits per heavy atom. The number of hydrogen-bond acceptors (Lipinski definition) is 5. The molecule has 78 valence electrons. The highest BCUT2D eigenvalue weighted by Gasteiger charge is 2.17. The molecule has 0 radical (unpaired) electrons. The minimum Gasteiger partial charge on any atom is -0.481 e. The summed E-state index contributed by atoms with van der Waals surface area (Å²) in [4.78, 5) is 3.86. The van der Waals surface area contributed by atoms with Gasteiger partial charge in [-0.05, 0) is 6.07 Å². The summed E-state index contributed by atoms with van der Waals surface area (Å²) in [5.74, 6) is 0.430. The maximum atomic E-state index is 9.46. The molecule has 0 fully saturated rings. The number of pyridine rings is 1. The molecule has 1 heterocycles. The fourth-order valence-electron chi connectivity index (χ4n) is 1.01. The Morgan fingerprint density at radius 2 is 2.14 bits per heavy atom. The van der Waals surface area contributed by atoms with Crippen LogP contribution in [0.4, 0.5) is 0 Å². The molecule has 0 aliphatic carbocycles. The van der Waals surface area contributed by atoms with Crippen molar-refractivity contribution in [3.63, 3.8) is 0 Å². The molecule has 0 amide bonds. The van der Waals surface area contributed by atoms with Gasteiger partial charge in [-0.3, -0.25) is 0 Å². The SMILES string of the molecule is COc1ccc(C(O)C(O)CO)cn1. The van der Waals surface area contributed by atoms with Gasteiger partial charge in [0.1, 0.15) is 12.2 Å². The third-order valence-corrected chi connectivity index (χ3v) is 1.86. The monoisotopic (exact) mass is 199 g/mol. The van der Waals surface area contributed by atoms with Gasteiger partial charge in [0.05, 0.1) is 13.7 Å². The van der Waals surface area contributed by atoms with E-state index in [0.717, 1.165) is 0 Å². The third-order valence-electron chi connectivity index (χ3n) is 1.86. The van der Waals surface area contributed by atoms with Crippen molar-refractivity contribution < 1.29 is 20.1 Å². The zero-order chi connectivity index (χ0) is 10.6. The lowest BCUT2D eigenvalue weighted by atomic mass is 10.1. The summed E-state index contributed by atoms with van der Waals surface area (Å²) in [6, 6.07) is 3.15. The van der Waals surface area contributed by atoms with Crippen LogP contribution < -0.4 is 4.74 Å². The van der Waals surface area contributed by atoms with Crippen LogP contribution >= 0.6 is 0 Å². The van der Waals surface area contributed by atoms with E-state index in [0.29, 0.717) is 11.4 Å². The quantitative estimate of drug-likeness (QED) is 0.607. The summed E-state index contributed by atoms with van der Waals surface area (Å²) < 4.78 is 4.83. The first-order valence-electron chi connectivity index (χ1n) is 4.16. The molecule has 0 saturated heterocycles. The second kappa shape index (κ2) is 4.90. The summed E-state index contributed by atoms with van der Waals surface area (Å²) in [6.07, 6.45) is -0.925. The fraction of sp³-hybridized carbons (Fsp3) is 0.444. The number of nitrogens with zero attached hydrogens (tertiary/aromatic N) is 1. The number of rotatable bonds is 4. The van der Waals surface area contributed by atoms with Crippen molar-refractivity contribution in [3.8, 4) is 5.88 Å². The molecule has 3 N–H and O–H groups in total. The van der Waals surface area contributed by atoms with Crippen molar-refractivity contribution in [1.82, 2.24) is 4.98 Å². The summed E-state index contributed by atoms with van der Waals surface area (Å²) in [6.45, 7) is -0.493. The van der Waals surface area contributed by atoms with Crippen molar-refractivity contribution in [3.05, 3.63) is 23.9 Å². The van der Waals surface area contributed by atoms with Crippen LogP contribution in [0.1, 0.15) is 11.7 Å². The molecule has 14 heavy (non-hydrogen) atoms. The van der Waals surface area contributed by atoms with Crippen LogP contribution in [0.5, 0.6) is 5.88 Å². The molecule has 0 saturated carbocycles. The van der Waals surface area contributed by atoms with Crippen LogP contribution in [0, 0.1) is 0 Å². The first-order chi connectivity index (χ1) is 6.69. The minimum atomic E-state index is -1.19. The molecule has 0 bridgehead atoms. The number of ether oxygens (including phenoxy) is 1. The molecule has 5 nitrogen and oxygen atoms in total. The molecule has 1 rings (SSSR count). The van der Waals surface area contributed by atoms with Gasteiger partial charge in [0.2, 0.25) is 5.88 Å². The molecule has 0 aliphatic rings. The van der Waals surface area contributed by atoms with Crippen molar-refractivity contribution in [2.45, 2.75) is 12.2 Å². The van der Waals surface area contributed by atoms with Gasteiger partial charge in [-0.1, -0.05) is 0 Å².